The predicted octanol–water partition coefficient (Wildman–Crippen LogP) is 11.4. The molecule has 1 fully saturated rings. The minimum absolute atomic E-state index is 0.117. The van der Waals surface area contributed by atoms with Gasteiger partial charge in [-0.1, -0.05) is 162 Å². The molecule has 0 aromatic carbocycles. The van der Waals surface area contributed by atoms with E-state index in [9.17, 15) is 25.2 Å². The summed E-state index contributed by atoms with van der Waals surface area (Å²) in [6.45, 7) is 4.24. The average molecular weight is 867 g/mol. The molecular weight excluding hydrogens is 781 g/mol. The van der Waals surface area contributed by atoms with Gasteiger partial charge in [0.15, 0.2) is 6.29 Å². The number of carbonyl (C=O) groups excluding carboxylic acids is 1. The quantitative estimate of drug-likeness (QED) is 0.0271. The number of rotatable bonds is 39. The molecule has 0 spiro atoms. The first-order valence-corrected chi connectivity index (χ1v) is 24.0. The minimum atomic E-state index is -1.55. The fourth-order valence-electron chi connectivity index (χ4n) is 6.51. The molecule has 1 rings (SSSR count). The number of unbranched alkanes of at least 4 members (excludes halogenated alkanes) is 10. The van der Waals surface area contributed by atoms with Crippen molar-refractivity contribution < 1.29 is 44.2 Å². The number of hydrogen-bond acceptors (Lipinski definition) is 9. The highest BCUT2D eigenvalue weighted by Crippen LogP contribution is 2.22. The molecule has 62 heavy (non-hydrogen) atoms. The van der Waals surface area contributed by atoms with Gasteiger partial charge in [-0.3, -0.25) is 4.79 Å². The highest BCUT2D eigenvalue weighted by atomic mass is 16.7. The molecule has 0 aliphatic carbocycles. The van der Waals surface area contributed by atoms with Crippen LogP contribution < -0.4 is 0 Å². The van der Waals surface area contributed by atoms with Gasteiger partial charge < -0.3 is 39.4 Å². The van der Waals surface area contributed by atoms with Gasteiger partial charge in [0.1, 0.15) is 30.5 Å². The largest absolute Gasteiger partial charge is 0.457 e. The number of aliphatic hydroxyl groups is 4. The highest BCUT2D eigenvalue weighted by molar-refractivity contribution is 5.69. The zero-order valence-electron chi connectivity index (χ0n) is 38.6. The second-order valence-corrected chi connectivity index (χ2v) is 15.8. The molecule has 1 aliphatic rings. The summed E-state index contributed by atoms with van der Waals surface area (Å²) in [6, 6.07) is 0. The molecule has 6 unspecified atom stereocenters. The number of aliphatic hydroxyl groups excluding tert-OH is 4. The van der Waals surface area contributed by atoms with E-state index < -0.39 is 43.4 Å². The molecule has 4 N–H and O–H groups in total. The van der Waals surface area contributed by atoms with E-state index in [1.165, 1.54) is 19.3 Å². The van der Waals surface area contributed by atoms with Crippen molar-refractivity contribution in [3.05, 3.63) is 109 Å². The molecular formula is C53H86O9. The van der Waals surface area contributed by atoms with Crippen LogP contribution in [0.1, 0.15) is 155 Å². The molecule has 9 nitrogen and oxygen atoms in total. The third-order valence-corrected chi connectivity index (χ3v) is 10.2. The van der Waals surface area contributed by atoms with Crippen LogP contribution in [0.25, 0.3) is 0 Å². The van der Waals surface area contributed by atoms with Gasteiger partial charge in [0.05, 0.1) is 19.8 Å². The van der Waals surface area contributed by atoms with E-state index in [0.717, 1.165) is 109 Å². The topological polar surface area (TPSA) is 135 Å². The van der Waals surface area contributed by atoms with Crippen molar-refractivity contribution in [2.24, 2.45) is 0 Å². The molecule has 0 bridgehead atoms. The minimum Gasteiger partial charge on any atom is -0.457 e. The summed E-state index contributed by atoms with van der Waals surface area (Å²) >= 11 is 0. The Morgan fingerprint density at radius 3 is 1.40 bits per heavy atom. The van der Waals surface area contributed by atoms with Crippen LogP contribution in [0.2, 0.25) is 0 Å². The summed E-state index contributed by atoms with van der Waals surface area (Å²) < 4.78 is 22.8. The summed E-state index contributed by atoms with van der Waals surface area (Å²) in [4.78, 5) is 12.8. The SMILES string of the molecule is CC/C=C\C/C=C\C/C=C\C/C=C\C/C=C\C/C=C\CCCCCCC(=O)OC(COCCCCCCCC/C=C\C/C=C\C/C=C\CC)COC1OC(CO)C(O)C(O)C1O. The van der Waals surface area contributed by atoms with Crippen LogP contribution in [0.3, 0.4) is 0 Å². The number of allylic oxidation sites excluding steroid dienone is 18. The van der Waals surface area contributed by atoms with E-state index in [0.29, 0.717) is 13.0 Å². The van der Waals surface area contributed by atoms with Crippen molar-refractivity contribution in [1.29, 1.82) is 0 Å². The lowest BCUT2D eigenvalue weighted by Gasteiger charge is -2.39. The van der Waals surface area contributed by atoms with Gasteiger partial charge >= 0.3 is 5.97 Å². The van der Waals surface area contributed by atoms with Gasteiger partial charge in [0, 0.05) is 13.0 Å². The van der Waals surface area contributed by atoms with E-state index in [1.54, 1.807) is 0 Å². The Bertz CT molecular complexity index is 1310. The van der Waals surface area contributed by atoms with Crippen LogP contribution in [-0.4, -0.2) is 89.6 Å². The number of ether oxygens (including phenoxy) is 4. The molecule has 0 aromatic heterocycles. The second kappa shape index (κ2) is 43.1. The summed E-state index contributed by atoms with van der Waals surface area (Å²) in [7, 11) is 0. The first kappa shape index (κ1) is 56.9. The van der Waals surface area contributed by atoms with E-state index >= 15 is 0 Å². The maximum absolute atomic E-state index is 12.8. The lowest BCUT2D eigenvalue weighted by molar-refractivity contribution is -0.305. The second-order valence-electron chi connectivity index (χ2n) is 15.8. The van der Waals surface area contributed by atoms with Crippen LogP contribution in [0, 0.1) is 0 Å². The molecule has 9 heteroatoms. The van der Waals surface area contributed by atoms with Crippen LogP contribution in [-0.2, 0) is 23.7 Å². The van der Waals surface area contributed by atoms with Crippen LogP contribution in [0.5, 0.6) is 0 Å². The fourth-order valence-corrected chi connectivity index (χ4v) is 6.51. The fraction of sp³-hybridized carbons (Fsp3) is 0.642. The van der Waals surface area contributed by atoms with Gasteiger partial charge in [-0.25, -0.2) is 0 Å². The third kappa shape index (κ3) is 33.4. The monoisotopic (exact) mass is 867 g/mol. The summed E-state index contributed by atoms with van der Waals surface area (Å²) in [5, 5.41) is 40.2. The number of hydrogen-bond donors (Lipinski definition) is 4. The van der Waals surface area contributed by atoms with Crippen LogP contribution in [0.4, 0.5) is 0 Å². The van der Waals surface area contributed by atoms with Crippen molar-refractivity contribution in [2.45, 2.75) is 192 Å². The molecule has 352 valence electrons. The van der Waals surface area contributed by atoms with Crippen molar-refractivity contribution in [2.75, 3.05) is 26.4 Å². The van der Waals surface area contributed by atoms with Gasteiger partial charge in [0.2, 0.25) is 0 Å². The van der Waals surface area contributed by atoms with E-state index in [2.05, 4.69) is 123 Å². The van der Waals surface area contributed by atoms with Crippen molar-refractivity contribution in [3.8, 4) is 0 Å². The predicted molar refractivity (Wildman–Crippen MR) is 256 cm³/mol. The Labute approximate surface area is 376 Å². The van der Waals surface area contributed by atoms with Crippen LogP contribution in [0.15, 0.2) is 109 Å². The summed E-state index contributed by atoms with van der Waals surface area (Å²) in [5.74, 6) is -0.348. The number of carbonyl (C=O) groups is 1. The Hall–Kier alpha value is -3.15. The smallest absolute Gasteiger partial charge is 0.306 e. The van der Waals surface area contributed by atoms with E-state index in [-0.39, 0.29) is 25.6 Å². The Morgan fingerprint density at radius 2 is 0.935 bits per heavy atom. The van der Waals surface area contributed by atoms with Gasteiger partial charge in [-0.15, -0.1) is 0 Å². The van der Waals surface area contributed by atoms with E-state index in [4.69, 9.17) is 18.9 Å². The zero-order chi connectivity index (χ0) is 45.0. The number of esters is 1. The van der Waals surface area contributed by atoms with E-state index in [1.807, 2.05) is 0 Å². The Balaban J connectivity index is 2.28. The molecule has 0 amide bonds. The lowest BCUT2D eigenvalue weighted by Crippen LogP contribution is -2.59. The molecule has 1 saturated heterocycles. The first-order chi connectivity index (χ1) is 30.4. The summed E-state index contributed by atoms with van der Waals surface area (Å²) in [6.07, 6.45) is 54.0. The lowest BCUT2D eigenvalue weighted by atomic mass is 9.99. The molecule has 1 aliphatic heterocycles. The van der Waals surface area contributed by atoms with Crippen molar-refractivity contribution >= 4 is 5.97 Å². The first-order valence-electron chi connectivity index (χ1n) is 24.0. The highest BCUT2D eigenvalue weighted by Gasteiger charge is 2.44. The Morgan fingerprint density at radius 1 is 0.516 bits per heavy atom. The molecule has 6 atom stereocenters. The van der Waals surface area contributed by atoms with Gasteiger partial charge in [0.25, 0.3) is 0 Å². The molecule has 0 radical (unpaired) electrons. The zero-order valence-corrected chi connectivity index (χ0v) is 38.6. The molecule has 0 aromatic rings. The standard InChI is InChI=1S/C53H86O9/c1-3-5-7-9-11-13-15-17-19-21-22-23-24-25-26-27-28-30-32-34-36-38-40-42-49(55)61-47(46-60-53-52(58)51(57)50(56)48(44-54)62-53)45-59-43-41-39-37-35-33-31-29-20-18-16-14-12-10-8-6-4-2/h5-8,11-14,17-20,22-23,25-26,28,30,47-48,50-54,56-58H,3-4,9-10,15-16,21,24,27,29,31-46H2,1-2H3/b7-5-,8-6-,13-11-,14-12-,19-17-,20-18-,23-22-,26-25-,30-28-. The maximum Gasteiger partial charge on any atom is 0.306 e. The average Bonchev–Trinajstić information content (AvgIpc) is 3.27. The van der Waals surface area contributed by atoms with Gasteiger partial charge in [-0.05, 0) is 96.3 Å². The summed E-state index contributed by atoms with van der Waals surface area (Å²) in [5.41, 5.74) is 0. The van der Waals surface area contributed by atoms with Crippen LogP contribution >= 0.6 is 0 Å². The third-order valence-electron chi connectivity index (χ3n) is 10.2. The van der Waals surface area contributed by atoms with Gasteiger partial charge in [-0.2, -0.15) is 0 Å². The normalized spacial score (nSPS) is 20.8. The molecule has 1 heterocycles. The Kier molecular flexibility index (Phi) is 39.5. The maximum atomic E-state index is 12.8. The molecule has 0 saturated carbocycles. The van der Waals surface area contributed by atoms with Crippen molar-refractivity contribution in [1.82, 2.24) is 0 Å². The van der Waals surface area contributed by atoms with Crippen molar-refractivity contribution in [3.63, 3.8) is 0 Å².